The van der Waals surface area contributed by atoms with Crippen LogP contribution >= 0.6 is 0 Å². The summed E-state index contributed by atoms with van der Waals surface area (Å²) in [4.78, 5) is 27.3. The number of carbonyl (C=O) groups is 1. The van der Waals surface area contributed by atoms with E-state index >= 15 is 0 Å². The van der Waals surface area contributed by atoms with Gasteiger partial charge in [0, 0.05) is 35.7 Å². The van der Waals surface area contributed by atoms with E-state index in [1.165, 1.54) is 0 Å². The Hall–Kier alpha value is -3.80. The first-order valence-electron chi connectivity index (χ1n) is 9.11. The predicted octanol–water partition coefficient (Wildman–Crippen LogP) is 3.97. The highest BCUT2D eigenvalue weighted by Gasteiger charge is 2.25. The van der Waals surface area contributed by atoms with E-state index in [-0.39, 0.29) is 5.91 Å². The zero-order chi connectivity index (χ0) is 18.9. The van der Waals surface area contributed by atoms with Crippen molar-refractivity contribution in [3.8, 4) is 0 Å². The lowest BCUT2D eigenvalue weighted by Gasteiger charge is -2.17. The van der Waals surface area contributed by atoms with Crippen LogP contribution in [0.2, 0.25) is 0 Å². The average molecular weight is 367 g/mol. The van der Waals surface area contributed by atoms with Crippen molar-refractivity contribution in [2.75, 3.05) is 16.8 Å². The number of rotatable bonds is 3. The number of para-hydroxylation sites is 1. The average Bonchev–Trinajstić information content (AvgIpc) is 3.17. The lowest BCUT2D eigenvalue weighted by molar-refractivity contribution is 0.0989. The maximum absolute atomic E-state index is 12.8. The topological polar surface area (TPSA) is 71.0 Å². The molecule has 28 heavy (non-hydrogen) atoms. The predicted molar refractivity (Wildman–Crippen MR) is 109 cm³/mol. The molecule has 0 bridgehead atoms. The number of amides is 1. The van der Waals surface area contributed by atoms with Crippen LogP contribution in [0.3, 0.4) is 0 Å². The fourth-order valence-electron chi connectivity index (χ4n) is 3.58. The number of benzene rings is 2. The third kappa shape index (κ3) is 2.85. The van der Waals surface area contributed by atoms with Gasteiger partial charge in [-0.3, -0.25) is 9.78 Å². The standard InChI is InChI=1S/C22H17N5O/c28-22(16-4-3-10-23-13-16)27-11-9-15-12-17(7-8-20(15)27)26-21-18-5-1-2-6-19(18)24-14-25-21/h1-8,10,12-14H,9,11H2,(H,24,25,26). The largest absolute Gasteiger partial charge is 0.340 e. The van der Waals surface area contributed by atoms with E-state index in [1.54, 1.807) is 30.9 Å². The molecule has 2 aromatic heterocycles. The molecular formula is C22H17N5O. The summed E-state index contributed by atoms with van der Waals surface area (Å²) in [6.45, 7) is 0.670. The van der Waals surface area contributed by atoms with Gasteiger partial charge in [0.15, 0.2) is 0 Å². The van der Waals surface area contributed by atoms with Gasteiger partial charge in [0.1, 0.15) is 12.1 Å². The number of carbonyl (C=O) groups excluding carboxylic acids is 1. The van der Waals surface area contributed by atoms with Crippen molar-refractivity contribution in [3.05, 3.63) is 84.4 Å². The van der Waals surface area contributed by atoms with Gasteiger partial charge < -0.3 is 10.2 Å². The van der Waals surface area contributed by atoms with Crippen molar-refractivity contribution in [3.63, 3.8) is 0 Å². The minimum atomic E-state index is -0.0191. The maximum atomic E-state index is 12.8. The van der Waals surface area contributed by atoms with Gasteiger partial charge in [0.2, 0.25) is 0 Å². The Bertz CT molecular complexity index is 1170. The van der Waals surface area contributed by atoms with Crippen LogP contribution in [-0.4, -0.2) is 27.4 Å². The fourth-order valence-corrected chi connectivity index (χ4v) is 3.58. The summed E-state index contributed by atoms with van der Waals surface area (Å²) >= 11 is 0. The molecule has 0 saturated heterocycles. The Morgan fingerprint density at radius 3 is 2.86 bits per heavy atom. The third-order valence-electron chi connectivity index (χ3n) is 4.93. The number of aromatic nitrogens is 3. The van der Waals surface area contributed by atoms with Gasteiger partial charge in [-0.15, -0.1) is 0 Å². The van der Waals surface area contributed by atoms with Crippen LogP contribution in [0.15, 0.2) is 73.3 Å². The van der Waals surface area contributed by atoms with Gasteiger partial charge in [-0.2, -0.15) is 0 Å². The summed E-state index contributed by atoms with van der Waals surface area (Å²) in [7, 11) is 0. The Morgan fingerprint density at radius 2 is 1.96 bits per heavy atom. The molecule has 6 nitrogen and oxygen atoms in total. The molecule has 0 atom stereocenters. The molecule has 0 saturated carbocycles. The van der Waals surface area contributed by atoms with Crippen molar-refractivity contribution in [2.24, 2.45) is 0 Å². The van der Waals surface area contributed by atoms with Crippen molar-refractivity contribution in [1.82, 2.24) is 15.0 Å². The molecule has 1 N–H and O–H groups in total. The lowest BCUT2D eigenvalue weighted by Crippen LogP contribution is -2.28. The minimum Gasteiger partial charge on any atom is -0.340 e. The number of pyridine rings is 1. The van der Waals surface area contributed by atoms with Crippen LogP contribution in [0.25, 0.3) is 10.9 Å². The number of nitrogens with one attached hydrogen (secondary N) is 1. The second-order valence-corrected chi connectivity index (χ2v) is 6.66. The van der Waals surface area contributed by atoms with E-state index in [0.29, 0.717) is 12.1 Å². The smallest absolute Gasteiger partial charge is 0.259 e. The highest BCUT2D eigenvalue weighted by Crippen LogP contribution is 2.33. The summed E-state index contributed by atoms with van der Waals surface area (Å²) in [6, 6.07) is 17.5. The van der Waals surface area contributed by atoms with Gasteiger partial charge in [0.25, 0.3) is 5.91 Å². The Morgan fingerprint density at radius 1 is 1.04 bits per heavy atom. The molecule has 2 aromatic carbocycles. The first-order chi connectivity index (χ1) is 13.8. The number of anilines is 3. The van der Waals surface area contributed by atoms with E-state index in [9.17, 15) is 4.79 Å². The molecular weight excluding hydrogens is 350 g/mol. The van der Waals surface area contributed by atoms with Crippen molar-refractivity contribution in [2.45, 2.75) is 6.42 Å². The van der Waals surface area contributed by atoms with E-state index < -0.39 is 0 Å². The normalized spacial score (nSPS) is 12.8. The Kier molecular flexibility index (Phi) is 3.94. The van der Waals surface area contributed by atoms with E-state index in [1.807, 2.05) is 41.3 Å². The zero-order valence-corrected chi connectivity index (χ0v) is 15.0. The van der Waals surface area contributed by atoms with E-state index in [2.05, 4.69) is 26.3 Å². The van der Waals surface area contributed by atoms with E-state index in [0.717, 1.165) is 40.1 Å². The molecule has 0 radical (unpaired) electrons. The summed E-state index contributed by atoms with van der Waals surface area (Å²) in [5.74, 6) is 0.751. The monoisotopic (exact) mass is 367 g/mol. The van der Waals surface area contributed by atoms with E-state index in [4.69, 9.17) is 0 Å². The van der Waals surface area contributed by atoms with Crippen LogP contribution in [0.5, 0.6) is 0 Å². The molecule has 6 heteroatoms. The molecule has 0 unspecified atom stereocenters. The molecule has 136 valence electrons. The van der Waals surface area contributed by atoms with Gasteiger partial charge in [0.05, 0.1) is 11.1 Å². The molecule has 1 aliphatic rings. The quantitative estimate of drug-likeness (QED) is 0.593. The van der Waals surface area contributed by atoms with Crippen LogP contribution in [-0.2, 0) is 6.42 Å². The summed E-state index contributed by atoms with van der Waals surface area (Å²) in [5.41, 5.74) is 4.53. The third-order valence-corrected chi connectivity index (χ3v) is 4.93. The second kappa shape index (κ2) is 6.74. The zero-order valence-electron chi connectivity index (χ0n) is 15.0. The van der Waals surface area contributed by atoms with Gasteiger partial charge in [-0.05, 0) is 54.4 Å². The highest BCUT2D eigenvalue weighted by atomic mass is 16.2. The molecule has 4 aromatic rings. The van der Waals surface area contributed by atoms with Gasteiger partial charge >= 0.3 is 0 Å². The Balaban J connectivity index is 1.43. The molecule has 5 rings (SSSR count). The van der Waals surface area contributed by atoms with Gasteiger partial charge in [-0.1, -0.05) is 12.1 Å². The summed E-state index contributed by atoms with van der Waals surface area (Å²) in [6.07, 6.45) is 5.66. The van der Waals surface area contributed by atoms with Gasteiger partial charge in [-0.25, -0.2) is 9.97 Å². The number of hydrogen-bond acceptors (Lipinski definition) is 5. The van der Waals surface area contributed by atoms with Crippen LogP contribution in [0.4, 0.5) is 17.2 Å². The highest BCUT2D eigenvalue weighted by molar-refractivity contribution is 6.07. The lowest BCUT2D eigenvalue weighted by atomic mass is 10.1. The van der Waals surface area contributed by atoms with Crippen LogP contribution in [0, 0.1) is 0 Å². The Labute approximate surface area is 161 Å². The first kappa shape index (κ1) is 16.4. The SMILES string of the molecule is O=C(c1cccnc1)N1CCc2cc(Nc3ncnc4ccccc34)ccc21. The van der Waals surface area contributed by atoms with Crippen molar-refractivity contribution in [1.29, 1.82) is 0 Å². The molecule has 0 aliphatic carbocycles. The summed E-state index contributed by atoms with van der Waals surface area (Å²) in [5, 5.41) is 4.36. The molecule has 1 aliphatic heterocycles. The molecule has 0 fully saturated rings. The number of hydrogen-bond donors (Lipinski definition) is 1. The summed E-state index contributed by atoms with van der Waals surface area (Å²) < 4.78 is 0. The van der Waals surface area contributed by atoms with Crippen molar-refractivity contribution < 1.29 is 4.79 Å². The van der Waals surface area contributed by atoms with Crippen LogP contribution < -0.4 is 10.2 Å². The number of nitrogens with zero attached hydrogens (tertiary/aromatic N) is 4. The second-order valence-electron chi connectivity index (χ2n) is 6.66. The fraction of sp³-hybridized carbons (Fsp3) is 0.0909. The first-order valence-corrected chi connectivity index (χ1v) is 9.11. The molecule has 3 heterocycles. The minimum absolute atomic E-state index is 0.0191. The van der Waals surface area contributed by atoms with Crippen molar-refractivity contribution >= 4 is 34.0 Å². The number of fused-ring (bicyclic) bond motifs is 2. The molecule has 1 amide bonds. The van der Waals surface area contributed by atoms with Crippen LogP contribution in [0.1, 0.15) is 15.9 Å². The maximum Gasteiger partial charge on any atom is 0.259 e. The molecule has 0 spiro atoms.